The van der Waals surface area contributed by atoms with Crippen molar-refractivity contribution < 1.29 is 18.3 Å². The molecule has 39 heavy (non-hydrogen) atoms. The van der Waals surface area contributed by atoms with Gasteiger partial charge in [-0.25, -0.2) is 19.9 Å². The molecule has 3 aromatic heterocycles. The van der Waals surface area contributed by atoms with E-state index in [1.807, 2.05) is 4.57 Å². The number of fused-ring (bicyclic) bond motifs is 2. The number of aliphatic hydroxyl groups excluding tert-OH is 1. The molecule has 2 aliphatic rings. The smallest absolute Gasteiger partial charge is 0.391 e. The summed E-state index contributed by atoms with van der Waals surface area (Å²) in [5, 5.41) is 10.5. The number of aromatic nitrogens is 6. The average Bonchev–Trinajstić information content (AvgIpc) is 3.53. The number of imidazole rings is 2. The number of H-pyrrole nitrogens is 1. The fourth-order valence-electron chi connectivity index (χ4n) is 6.27. The van der Waals surface area contributed by atoms with E-state index < -0.39 is 17.8 Å². The third kappa shape index (κ3) is 5.05. The van der Waals surface area contributed by atoms with E-state index in [-0.39, 0.29) is 11.1 Å². The molecule has 4 aromatic rings. The van der Waals surface area contributed by atoms with E-state index in [1.54, 1.807) is 6.33 Å². The van der Waals surface area contributed by atoms with Gasteiger partial charge in [0, 0.05) is 19.0 Å². The van der Waals surface area contributed by atoms with Crippen LogP contribution in [0.4, 0.5) is 19.0 Å². The van der Waals surface area contributed by atoms with Gasteiger partial charge in [0.1, 0.15) is 17.7 Å². The summed E-state index contributed by atoms with van der Waals surface area (Å²) in [6.45, 7) is 0.903. The van der Waals surface area contributed by atoms with Crippen LogP contribution in [0, 0.1) is 11.8 Å². The molecular weight excluding hydrogens is 533 g/mol. The molecule has 1 aromatic carbocycles. The van der Waals surface area contributed by atoms with Crippen molar-refractivity contribution in [2.75, 3.05) is 19.3 Å². The number of nitrogen functional groups attached to an aromatic ring is 1. The summed E-state index contributed by atoms with van der Waals surface area (Å²) in [6.07, 6.45) is 3.44. The Kier molecular flexibility index (Phi) is 6.67. The maximum atomic E-state index is 13.1. The third-order valence-electron chi connectivity index (χ3n) is 8.43. The standard InChI is InChI=1S/C26H30ClF3N8O/c1-37(10-14-6-20(21(39)7-14)38-12-34-23-24(31)32-11-33-25(23)38)15-4-13(5-15)2-3-22-35-18-8-16(26(28,29)30)17(27)9-19(18)36-22/h8-9,11-15,20-21,39H,2-7,10H2,1H3,(H,35,36)(H2,31,32,33)/t13-,14-,15+,20+,21+/m0/s1. The first-order valence-corrected chi connectivity index (χ1v) is 13.5. The van der Waals surface area contributed by atoms with Gasteiger partial charge in [-0.05, 0) is 63.1 Å². The van der Waals surface area contributed by atoms with Crippen LogP contribution in [0.3, 0.4) is 0 Å². The topological polar surface area (TPSA) is 122 Å². The Balaban J connectivity index is 0.998. The van der Waals surface area contributed by atoms with Gasteiger partial charge in [-0.15, -0.1) is 0 Å². The van der Waals surface area contributed by atoms with Gasteiger partial charge in [0.2, 0.25) is 0 Å². The zero-order valence-corrected chi connectivity index (χ0v) is 22.1. The van der Waals surface area contributed by atoms with Crippen molar-refractivity contribution in [2.45, 2.75) is 62.9 Å². The molecule has 0 bridgehead atoms. The van der Waals surface area contributed by atoms with Crippen LogP contribution in [0.1, 0.15) is 49.5 Å². The summed E-state index contributed by atoms with van der Waals surface area (Å²) in [5.74, 6) is 1.92. The molecule has 6 rings (SSSR count). The molecule has 9 nitrogen and oxygen atoms in total. The van der Waals surface area contributed by atoms with Gasteiger partial charge in [-0.1, -0.05) is 11.6 Å². The number of aromatic amines is 1. The SMILES string of the molecule is CN(C[C@@H]1C[C@@H](O)[C@H](n2cnc3c(N)ncnc32)C1)[C@H]1C[C@@H](CCc2nc3cc(Cl)c(C(F)(F)F)cc3[nH]2)C1. The second-order valence-corrected chi connectivity index (χ2v) is 11.5. The maximum absolute atomic E-state index is 13.1. The molecule has 0 radical (unpaired) electrons. The van der Waals surface area contributed by atoms with Gasteiger partial charge in [-0.3, -0.25) is 0 Å². The van der Waals surface area contributed by atoms with E-state index >= 15 is 0 Å². The quantitative estimate of drug-likeness (QED) is 0.301. The number of rotatable bonds is 7. The first kappa shape index (κ1) is 26.3. The number of hydrogen-bond acceptors (Lipinski definition) is 7. The molecule has 2 aliphatic carbocycles. The molecule has 208 valence electrons. The van der Waals surface area contributed by atoms with Gasteiger partial charge >= 0.3 is 6.18 Å². The minimum Gasteiger partial charge on any atom is -0.391 e. The van der Waals surface area contributed by atoms with E-state index in [4.69, 9.17) is 17.3 Å². The van der Waals surface area contributed by atoms with E-state index in [1.165, 1.54) is 12.4 Å². The van der Waals surface area contributed by atoms with E-state index in [0.717, 1.165) is 44.7 Å². The summed E-state index contributed by atoms with van der Waals surface area (Å²) in [4.78, 5) is 22.5. The van der Waals surface area contributed by atoms with Crippen LogP contribution in [-0.4, -0.2) is 65.2 Å². The molecule has 0 aliphatic heterocycles. The minimum absolute atomic E-state index is 0.0947. The van der Waals surface area contributed by atoms with Crippen molar-refractivity contribution >= 4 is 39.6 Å². The molecular formula is C26H30ClF3N8O. The third-order valence-corrected chi connectivity index (χ3v) is 8.75. The highest BCUT2D eigenvalue weighted by atomic mass is 35.5. The van der Waals surface area contributed by atoms with Crippen molar-refractivity contribution in [2.24, 2.45) is 11.8 Å². The number of hydrogen-bond donors (Lipinski definition) is 3. The molecule has 3 atom stereocenters. The van der Waals surface area contributed by atoms with E-state index in [0.29, 0.717) is 58.1 Å². The minimum atomic E-state index is -4.50. The van der Waals surface area contributed by atoms with Gasteiger partial charge in [0.15, 0.2) is 11.5 Å². The highest BCUT2D eigenvalue weighted by molar-refractivity contribution is 6.32. The number of nitrogens with one attached hydrogen (secondary N) is 1. The van der Waals surface area contributed by atoms with Crippen molar-refractivity contribution in [3.8, 4) is 0 Å². The summed E-state index contributed by atoms with van der Waals surface area (Å²) >= 11 is 5.83. The monoisotopic (exact) mass is 562 g/mol. The normalized spacial score (nSPS) is 25.7. The number of benzene rings is 1. The first-order valence-electron chi connectivity index (χ1n) is 13.1. The van der Waals surface area contributed by atoms with Crippen LogP contribution in [0.15, 0.2) is 24.8 Å². The Labute approximate surface area is 227 Å². The van der Waals surface area contributed by atoms with Crippen molar-refractivity contribution in [1.29, 1.82) is 0 Å². The van der Waals surface area contributed by atoms with Gasteiger partial charge in [0.25, 0.3) is 0 Å². The summed E-state index contributed by atoms with van der Waals surface area (Å²) in [7, 11) is 2.14. The van der Waals surface area contributed by atoms with Crippen LogP contribution in [-0.2, 0) is 12.6 Å². The Bertz CT molecular complexity index is 1500. The summed E-state index contributed by atoms with van der Waals surface area (Å²) in [6, 6.07) is 2.70. The fraction of sp³-hybridized carbons (Fsp3) is 0.538. The predicted octanol–water partition coefficient (Wildman–Crippen LogP) is 4.61. The molecule has 4 N–H and O–H groups in total. The van der Waals surface area contributed by atoms with Gasteiger partial charge < -0.3 is 25.3 Å². The number of alkyl halides is 3. The van der Waals surface area contributed by atoms with E-state index in [2.05, 4.69) is 36.9 Å². The second-order valence-electron chi connectivity index (χ2n) is 11.1. The Morgan fingerprint density at radius 1 is 1.15 bits per heavy atom. The molecule has 13 heteroatoms. The lowest BCUT2D eigenvalue weighted by atomic mass is 9.76. The van der Waals surface area contributed by atoms with Crippen LogP contribution in [0.2, 0.25) is 5.02 Å². The number of aryl methyl sites for hydroxylation is 1. The Morgan fingerprint density at radius 3 is 2.72 bits per heavy atom. The van der Waals surface area contributed by atoms with Crippen LogP contribution in [0.5, 0.6) is 0 Å². The number of halogens is 4. The van der Waals surface area contributed by atoms with Gasteiger partial charge in [0.05, 0.1) is 40.1 Å². The lowest BCUT2D eigenvalue weighted by Crippen LogP contribution is -2.44. The molecule has 2 saturated carbocycles. The van der Waals surface area contributed by atoms with Crippen molar-refractivity contribution in [3.05, 3.63) is 41.2 Å². The predicted molar refractivity (Wildman–Crippen MR) is 141 cm³/mol. The Morgan fingerprint density at radius 2 is 1.95 bits per heavy atom. The van der Waals surface area contributed by atoms with Crippen LogP contribution < -0.4 is 5.73 Å². The first-order chi connectivity index (χ1) is 18.6. The van der Waals surface area contributed by atoms with E-state index in [9.17, 15) is 18.3 Å². The van der Waals surface area contributed by atoms with Crippen molar-refractivity contribution in [3.63, 3.8) is 0 Å². The number of nitrogens with zero attached hydrogens (tertiary/aromatic N) is 6. The lowest BCUT2D eigenvalue weighted by molar-refractivity contribution is -0.137. The van der Waals surface area contributed by atoms with Gasteiger partial charge in [-0.2, -0.15) is 13.2 Å². The molecule has 3 heterocycles. The van der Waals surface area contributed by atoms with Crippen LogP contribution >= 0.6 is 11.6 Å². The zero-order chi connectivity index (χ0) is 27.5. The molecule has 0 unspecified atom stereocenters. The maximum Gasteiger partial charge on any atom is 0.417 e. The number of anilines is 1. The highest BCUT2D eigenvalue weighted by Crippen LogP contribution is 2.40. The molecule has 2 fully saturated rings. The summed E-state index contributed by atoms with van der Waals surface area (Å²) < 4.78 is 41.4. The van der Waals surface area contributed by atoms with Crippen molar-refractivity contribution in [1.82, 2.24) is 34.4 Å². The molecule has 0 spiro atoms. The molecule has 0 saturated heterocycles. The number of nitrogens with two attached hydrogens (primary N) is 1. The lowest BCUT2D eigenvalue weighted by Gasteiger charge is -2.42. The fourth-order valence-corrected chi connectivity index (χ4v) is 6.53. The second kappa shape index (κ2) is 9.90. The number of aliphatic hydroxyl groups is 1. The zero-order valence-electron chi connectivity index (χ0n) is 21.4. The Hall–Kier alpha value is -2.96. The average molecular weight is 563 g/mol. The summed E-state index contributed by atoms with van der Waals surface area (Å²) in [5.41, 5.74) is 7.07. The molecule has 0 amide bonds. The highest BCUT2D eigenvalue weighted by Gasteiger charge is 2.38. The largest absolute Gasteiger partial charge is 0.417 e. The van der Waals surface area contributed by atoms with Crippen LogP contribution in [0.25, 0.3) is 22.2 Å².